The Bertz CT molecular complexity index is 200. The zero-order chi connectivity index (χ0) is 8.60. The summed E-state index contributed by atoms with van der Waals surface area (Å²) >= 11 is 0. The SMILES string of the molecule is CCCCC[C@]12C[C@H]1COC2=O. The first kappa shape index (κ1) is 8.09. The van der Waals surface area contributed by atoms with Gasteiger partial charge in [-0.3, -0.25) is 4.79 Å². The Morgan fingerprint density at radius 1 is 1.58 bits per heavy atom. The maximum atomic E-state index is 11.3. The number of esters is 1. The lowest BCUT2D eigenvalue weighted by molar-refractivity contribution is -0.145. The van der Waals surface area contributed by atoms with Gasteiger partial charge in [-0.25, -0.2) is 0 Å². The fraction of sp³-hybridized carbons (Fsp3) is 0.900. The van der Waals surface area contributed by atoms with E-state index in [1.807, 2.05) is 0 Å². The fourth-order valence-electron chi connectivity index (χ4n) is 2.27. The molecule has 1 heterocycles. The predicted molar refractivity (Wildman–Crippen MR) is 45.6 cm³/mol. The van der Waals surface area contributed by atoms with Crippen molar-refractivity contribution in [1.29, 1.82) is 0 Å². The van der Waals surface area contributed by atoms with Crippen molar-refractivity contribution in [2.45, 2.75) is 39.0 Å². The largest absolute Gasteiger partial charge is 0.465 e. The minimum Gasteiger partial charge on any atom is -0.465 e. The highest BCUT2D eigenvalue weighted by Gasteiger charge is 2.64. The summed E-state index contributed by atoms with van der Waals surface area (Å²) in [6, 6.07) is 0. The molecule has 0 amide bonds. The number of carbonyl (C=O) groups is 1. The third-order valence-corrected chi connectivity index (χ3v) is 3.28. The third kappa shape index (κ3) is 1.05. The van der Waals surface area contributed by atoms with Crippen LogP contribution in [0.25, 0.3) is 0 Å². The van der Waals surface area contributed by atoms with Gasteiger partial charge in [0.05, 0.1) is 12.0 Å². The molecule has 0 aromatic carbocycles. The van der Waals surface area contributed by atoms with Gasteiger partial charge in [-0.2, -0.15) is 0 Å². The zero-order valence-electron chi connectivity index (χ0n) is 7.64. The van der Waals surface area contributed by atoms with Crippen molar-refractivity contribution in [2.24, 2.45) is 11.3 Å². The van der Waals surface area contributed by atoms with Gasteiger partial charge < -0.3 is 4.74 Å². The van der Waals surface area contributed by atoms with E-state index in [0.29, 0.717) is 12.5 Å². The van der Waals surface area contributed by atoms with Crippen LogP contribution in [0.4, 0.5) is 0 Å². The highest BCUT2D eigenvalue weighted by Crippen LogP contribution is 2.60. The molecular weight excluding hydrogens is 152 g/mol. The highest BCUT2D eigenvalue weighted by molar-refractivity contribution is 5.83. The summed E-state index contributed by atoms with van der Waals surface area (Å²) in [5.41, 5.74) is 0.00910. The van der Waals surface area contributed by atoms with Crippen LogP contribution in [0.3, 0.4) is 0 Å². The second-order valence-corrected chi connectivity index (χ2v) is 4.11. The summed E-state index contributed by atoms with van der Waals surface area (Å²) in [5.74, 6) is 0.672. The van der Waals surface area contributed by atoms with Crippen LogP contribution in [-0.4, -0.2) is 12.6 Å². The second kappa shape index (κ2) is 2.75. The van der Waals surface area contributed by atoms with Gasteiger partial charge in [-0.1, -0.05) is 26.2 Å². The molecule has 0 aromatic heterocycles. The van der Waals surface area contributed by atoms with Crippen LogP contribution in [0.15, 0.2) is 0 Å². The van der Waals surface area contributed by atoms with Crippen LogP contribution in [-0.2, 0) is 9.53 Å². The zero-order valence-corrected chi connectivity index (χ0v) is 7.64. The van der Waals surface area contributed by atoms with Gasteiger partial charge in [-0.05, 0) is 12.8 Å². The van der Waals surface area contributed by atoms with Crippen LogP contribution in [0.2, 0.25) is 0 Å². The maximum Gasteiger partial charge on any atom is 0.312 e. The van der Waals surface area contributed by atoms with E-state index in [0.717, 1.165) is 12.8 Å². The van der Waals surface area contributed by atoms with Crippen molar-refractivity contribution in [3.63, 3.8) is 0 Å². The molecule has 68 valence electrons. The van der Waals surface area contributed by atoms with Gasteiger partial charge in [0.15, 0.2) is 0 Å². The molecule has 1 saturated carbocycles. The molecule has 0 unspecified atom stereocenters. The number of rotatable bonds is 4. The normalized spacial score (nSPS) is 37.8. The molecule has 2 fully saturated rings. The number of hydrogen-bond donors (Lipinski definition) is 0. The Morgan fingerprint density at radius 3 is 2.92 bits per heavy atom. The standard InChI is InChI=1S/C10H16O2/c1-2-3-4-5-10-6-8(10)7-12-9(10)11/h8H,2-7H2,1H3/t8-,10-/m0/s1. The van der Waals surface area contributed by atoms with Crippen molar-refractivity contribution in [3.8, 4) is 0 Å². The minimum absolute atomic E-state index is 0.00910. The number of cyclic esters (lactones) is 1. The number of ether oxygens (including phenoxy) is 1. The fourth-order valence-corrected chi connectivity index (χ4v) is 2.27. The minimum atomic E-state index is 0.00910. The van der Waals surface area contributed by atoms with Gasteiger partial charge in [0.2, 0.25) is 0 Å². The van der Waals surface area contributed by atoms with Gasteiger partial charge in [0.1, 0.15) is 0 Å². The molecule has 0 spiro atoms. The highest BCUT2D eigenvalue weighted by atomic mass is 16.5. The summed E-state index contributed by atoms with van der Waals surface area (Å²) in [6.07, 6.45) is 5.86. The molecule has 12 heavy (non-hydrogen) atoms. The van der Waals surface area contributed by atoms with E-state index in [1.165, 1.54) is 19.3 Å². The number of fused-ring (bicyclic) bond motifs is 1. The van der Waals surface area contributed by atoms with Crippen molar-refractivity contribution >= 4 is 5.97 Å². The first-order chi connectivity index (χ1) is 5.79. The molecule has 0 N–H and O–H groups in total. The van der Waals surface area contributed by atoms with Gasteiger partial charge in [0, 0.05) is 5.92 Å². The van der Waals surface area contributed by atoms with Crippen molar-refractivity contribution in [1.82, 2.24) is 0 Å². The summed E-state index contributed by atoms with van der Waals surface area (Å²) in [5, 5.41) is 0. The summed E-state index contributed by atoms with van der Waals surface area (Å²) < 4.78 is 5.01. The molecule has 2 atom stereocenters. The molecule has 0 aromatic rings. The smallest absolute Gasteiger partial charge is 0.312 e. The van der Waals surface area contributed by atoms with Crippen LogP contribution < -0.4 is 0 Å². The lowest BCUT2D eigenvalue weighted by atomic mass is 9.97. The molecule has 2 heteroatoms. The monoisotopic (exact) mass is 168 g/mol. The number of unbranched alkanes of at least 4 members (excludes halogenated alkanes) is 2. The molecule has 2 nitrogen and oxygen atoms in total. The Balaban J connectivity index is 1.83. The second-order valence-electron chi connectivity index (χ2n) is 4.11. The molecule has 1 aliphatic carbocycles. The average molecular weight is 168 g/mol. The molecule has 1 saturated heterocycles. The third-order valence-electron chi connectivity index (χ3n) is 3.28. The summed E-state index contributed by atoms with van der Waals surface area (Å²) in [6.45, 7) is 2.89. The topological polar surface area (TPSA) is 26.3 Å². The van der Waals surface area contributed by atoms with Gasteiger partial charge in [-0.15, -0.1) is 0 Å². The van der Waals surface area contributed by atoms with E-state index < -0.39 is 0 Å². The van der Waals surface area contributed by atoms with Crippen LogP contribution in [0.1, 0.15) is 39.0 Å². The molecule has 2 aliphatic rings. The molecule has 2 rings (SSSR count). The van der Waals surface area contributed by atoms with Crippen LogP contribution in [0, 0.1) is 11.3 Å². The Kier molecular flexibility index (Phi) is 1.85. The van der Waals surface area contributed by atoms with Crippen molar-refractivity contribution in [3.05, 3.63) is 0 Å². The maximum absolute atomic E-state index is 11.3. The lowest BCUT2D eigenvalue weighted by Crippen LogP contribution is -2.13. The molecule has 0 radical (unpaired) electrons. The van der Waals surface area contributed by atoms with Crippen molar-refractivity contribution in [2.75, 3.05) is 6.61 Å². The first-order valence-electron chi connectivity index (χ1n) is 4.97. The Labute approximate surface area is 73.3 Å². The Morgan fingerprint density at radius 2 is 2.42 bits per heavy atom. The number of carbonyl (C=O) groups excluding carboxylic acids is 1. The van der Waals surface area contributed by atoms with Gasteiger partial charge in [0.25, 0.3) is 0 Å². The summed E-state index contributed by atoms with van der Waals surface area (Å²) in [4.78, 5) is 11.3. The Hall–Kier alpha value is -0.530. The van der Waals surface area contributed by atoms with E-state index in [2.05, 4.69) is 6.92 Å². The van der Waals surface area contributed by atoms with Crippen LogP contribution >= 0.6 is 0 Å². The molecule has 0 bridgehead atoms. The van der Waals surface area contributed by atoms with E-state index in [-0.39, 0.29) is 11.4 Å². The van der Waals surface area contributed by atoms with E-state index in [9.17, 15) is 4.79 Å². The van der Waals surface area contributed by atoms with E-state index >= 15 is 0 Å². The molecular formula is C10H16O2. The summed E-state index contributed by atoms with van der Waals surface area (Å²) in [7, 11) is 0. The predicted octanol–water partition coefficient (Wildman–Crippen LogP) is 2.13. The van der Waals surface area contributed by atoms with Crippen LogP contribution in [0.5, 0.6) is 0 Å². The van der Waals surface area contributed by atoms with Crippen molar-refractivity contribution < 1.29 is 9.53 Å². The average Bonchev–Trinajstić information content (AvgIpc) is 2.70. The van der Waals surface area contributed by atoms with E-state index in [4.69, 9.17) is 4.74 Å². The lowest BCUT2D eigenvalue weighted by Gasteiger charge is -2.07. The van der Waals surface area contributed by atoms with Gasteiger partial charge >= 0.3 is 5.97 Å². The quantitative estimate of drug-likeness (QED) is 0.475. The van der Waals surface area contributed by atoms with E-state index in [1.54, 1.807) is 0 Å². The molecule has 1 aliphatic heterocycles. The first-order valence-corrected chi connectivity index (χ1v) is 4.97. The number of hydrogen-bond acceptors (Lipinski definition) is 2.